The van der Waals surface area contributed by atoms with Crippen molar-refractivity contribution in [3.63, 3.8) is 0 Å². The van der Waals surface area contributed by atoms with Crippen molar-refractivity contribution in [2.45, 2.75) is 153 Å². The highest BCUT2D eigenvalue weighted by Crippen LogP contribution is 2.36. The lowest BCUT2D eigenvalue weighted by Crippen LogP contribution is -2.43. The first kappa shape index (κ1) is 67.2. The number of amides is 3. The van der Waals surface area contributed by atoms with E-state index in [9.17, 15) is 28.4 Å². The first-order chi connectivity index (χ1) is 42.0. The molecule has 5 aromatic carbocycles. The van der Waals surface area contributed by atoms with Crippen LogP contribution in [0.1, 0.15) is 163 Å². The van der Waals surface area contributed by atoms with Crippen LogP contribution in [0.2, 0.25) is 0 Å². The van der Waals surface area contributed by atoms with Gasteiger partial charge in [-0.1, -0.05) is 97.1 Å². The van der Waals surface area contributed by atoms with Crippen LogP contribution in [0.15, 0.2) is 132 Å². The molecule has 11 rings (SSSR count). The van der Waals surface area contributed by atoms with Crippen LogP contribution in [0.3, 0.4) is 0 Å². The number of carbonyl (C=O) groups excluding carboxylic acids is 5. The largest absolute Gasteiger partial charge is 0.444 e. The van der Waals surface area contributed by atoms with Crippen molar-refractivity contribution in [2.75, 3.05) is 52.4 Å². The Morgan fingerprint density at radius 1 is 0.489 bits per heavy atom. The molecule has 0 saturated carbocycles. The fourth-order valence-electron chi connectivity index (χ4n) is 11.1. The molecule has 4 aliphatic heterocycles. The summed E-state index contributed by atoms with van der Waals surface area (Å²) in [6.07, 6.45) is 5.94. The molecule has 4 aliphatic rings. The monoisotopic (exact) mass is 1250 g/mol. The zero-order valence-corrected chi connectivity index (χ0v) is 55.0. The molecule has 3 amide bonds. The van der Waals surface area contributed by atoms with Gasteiger partial charge in [-0.3, -0.25) is 9.59 Å². The minimum atomic E-state index is -0.531. The first-order valence-corrected chi connectivity index (χ1v) is 33.4. The molecular formula is C70H87FN6O8S3. The molecule has 470 valence electrons. The third kappa shape index (κ3) is 19.6. The maximum absolute atomic E-state index is 13.7. The predicted octanol–water partition coefficient (Wildman–Crippen LogP) is 16.6. The zero-order chi connectivity index (χ0) is 63.0. The number of ketones is 2. The lowest BCUT2D eigenvalue weighted by atomic mass is 9.89. The van der Waals surface area contributed by atoms with Crippen molar-refractivity contribution in [1.29, 1.82) is 0 Å². The molecule has 0 radical (unpaired) electrons. The highest BCUT2D eigenvalue weighted by Gasteiger charge is 2.34. The van der Waals surface area contributed by atoms with Crippen LogP contribution in [0, 0.1) is 17.7 Å². The Labute approximate surface area is 531 Å². The molecule has 0 atom stereocenters. The molecule has 0 unspecified atom stereocenters. The van der Waals surface area contributed by atoms with Crippen LogP contribution >= 0.6 is 34.8 Å². The highest BCUT2D eigenvalue weighted by atomic mass is 32.2. The Kier molecular flexibility index (Phi) is 23.8. The van der Waals surface area contributed by atoms with Crippen LogP contribution in [0.25, 0.3) is 20.2 Å². The average Bonchev–Trinajstić information content (AvgIpc) is 3.03. The van der Waals surface area contributed by atoms with Gasteiger partial charge in [0.25, 0.3) is 0 Å². The number of likely N-dealkylation sites (tertiary alicyclic amines) is 3. The second-order valence-electron chi connectivity index (χ2n) is 25.9. The second kappa shape index (κ2) is 31.1. The number of carbonyl (C=O) groups is 5. The average molecular weight is 1260 g/mol. The summed E-state index contributed by atoms with van der Waals surface area (Å²) < 4.78 is 41.8. The third-order valence-electron chi connectivity index (χ3n) is 15.6. The molecule has 0 bridgehead atoms. The summed E-state index contributed by atoms with van der Waals surface area (Å²) in [6, 6.07) is 41.1. The molecule has 4 saturated heterocycles. The van der Waals surface area contributed by atoms with Gasteiger partial charge >= 0.3 is 18.3 Å². The van der Waals surface area contributed by atoms with Crippen LogP contribution in [0.5, 0.6) is 0 Å². The Hall–Kier alpha value is -6.73. The summed E-state index contributed by atoms with van der Waals surface area (Å²) in [5.41, 5.74) is 3.24. The smallest absolute Gasteiger partial charge is 0.410 e. The van der Waals surface area contributed by atoms with Crippen LogP contribution < -0.4 is 5.32 Å². The number of nitrogens with one attached hydrogen (secondary N) is 1. The van der Waals surface area contributed by atoms with E-state index in [2.05, 4.69) is 74.7 Å². The van der Waals surface area contributed by atoms with Crippen molar-refractivity contribution in [3.8, 4) is 0 Å². The number of aromatic nitrogens is 2. The summed E-state index contributed by atoms with van der Waals surface area (Å²) in [5.74, 6) is 1.18. The fourth-order valence-corrected chi connectivity index (χ4v) is 13.8. The minimum absolute atomic E-state index is 0.0489. The molecule has 4 fully saturated rings. The van der Waals surface area contributed by atoms with Gasteiger partial charge in [-0.15, -0.1) is 11.8 Å². The van der Waals surface area contributed by atoms with E-state index in [1.807, 2.05) is 110 Å². The summed E-state index contributed by atoms with van der Waals surface area (Å²) in [4.78, 5) is 68.0. The minimum Gasteiger partial charge on any atom is -0.444 e. The van der Waals surface area contributed by atoms with Gasteiger partial charge in [0.1, 0.15) is 22.6 Å². The number of Topliss-reactive ketones (excluding diaryl/α,β-unsaturated/α-hetero) is 2. The van der Waals surface area contributed by atoms with Gasteiger partial charge in [0.2, 0.25) is 0 Å². The molecule has 7 aromatic rings. The van der Waals surface area contributed by atoms with E-state index in [-0.39, 0.29) is 47.2 Å². The normalized spacial score (nSPS) is 16.5. The second-order valence-corrected chi connectivity index (χ2v) is 28.5. The van der Waals surface area contributed by atoms with Gasteiger partial charge in [0, 0.05) is 89.9 Å². The number of hydrogen-bond acceptors (Lipinski definition) is 14. The van der Waals surface area contributed by atoms with E-state index >= 15 is 0 Å². The van der Waals surface area contributed by atoms with Crippen LogP contribution in [0.4, 0.5) is 18.8 Å². The summed E-state index contributed by atoms with van der Waals surface area (Å²) in [7, 11) is 0. The Balaban J connectivity index is 0.000000155. The molecule has 1 N–H and O–H groups in total. The summed E-state index contributed by atoms with van der Waals surface area (Å²) >= 11 is 4.90. The first-order valence-electron chi connectivity index (χ1n) is 30.9. The molecular weight excluding hydrogens is 1170 g/mol. The molecule has 88 heavy (non-hydrogen) atoms. The van der Waals surface area contributed by atoms with Crippen molar-refractivity contribution < 1.29 is 42.6 Å². The lowest BCUT2D eigenvalue weighted by Gasteiger charge is -2.33. The number of rotatable bonds is 9. The standard InChI is InChI=1S/C24H29NO3S.C17H22FNO3.C17H22N2O2S.C12H14N2S/c1-24(2,3)28-23(27)25-15-13-19(14-16-25)22(26)20-11-7-8-12-21(20)29-17-18-9-5-4-6-10-18;1-17(2,3)22-16(21)19-10-8-12(9-11-19)15(20)13-6-4-5-7-14(13)18;1-17(2,3)21-16(20)19-10-8-12(9-11-19)15-13-6-4-5-7-14(13)22-18-15;1-2-4-11-10(3-1)12(14-15-11)9-5-7-13-8-6-9/h4-12,19H,13-17H2,1-3H3;2*4-7,12H,8-11H2,1-3H3;1-4,9,13H,5-8H2. The Morgan fingerprint density at radius 2 is 0.864 bits per heavy atom. The van der Waals surface area contributed by atoms with Gasteiger partial charge in [-0.2, -0.15) is 8.75 Å². The van der Waals surface area contributed by atoms with Crippen LogP contribution in [-0.2, 0) is 20.0 Å². The maximum Gasteiger partial charge on any atom is 0.410 e. The number of fused-ring (bicyclic) bond motifs is 2. The molecule has 2 aromatic heterocycles. The van der Waals surface area contributed by atoms with Crippen molar-refractivity contribution >= 4 is 84.8 Å². The van der Waals surface area contributed by atoms with Gasteiger partial charge in [0.05, 0.1) is 26.4 Å². The highest BCUT2D eigenvalue weighted by molar-refractivity contribution is 7.98. The number of hydrogen-bond donors (Lipinski definition) is 1. The van der Waals surface area contributed by atoms with E-state index < -0.39 is 22.6 Å². The van der Waals surface area contributed by atoms with Crippen molar-refractivity contribution in [2.24, 2.45) is 11.8 Å². The number of benzene rings is 5. The van der Waals surface area contributed by atoms with E-state index in [0.29, 0.717) is 63.7 Å². The summed E-state index contributed by atoms with van der Waals surface area (Å²) in [6.45, 7) is 22.6. The van der Waals surface area contributed by atoms with Gasteiger partial charge in [0.15, 0.2) is 11.6 Å². The van der Waals surface area contributed by atoms with Gasteiger partial charge < -0.3 is 34.2 Å². The SMILES string of the molecule is CC(C)(C)OC(=O)N1CCC(C(=O)c2ccccc2F)CC1.CC(C)(C)OC(=O)N1CCC(C(=O)c2ccccc2SCc2ccccc2)CC1.CC(C)(C)OC(=O)N1CCC(c2nsc3ccccc23)CC1.c1ccc2c(C3CCNCC3)nsc2c1. The Morgan fingerprint density at radius 3 is 1.32 bits per heavy atom. The van der Waals surface area contributed by atoms with E-state index in [1.54, 1.807) is 56.8 Å². The van der Waals surface area contributed by atoms with Crippen molar-refractivity contribution in [1.82, 2.24) is 28.8 Å². The predicted molar refractivity (Wildman–Crippen MR) is 352 cm³/mol. The van der Waals surface area contributed by atoms with Gasteiger partial charge in [-0.25, -0.2) is 18.8 Å². The number of ether oxygens (including phenoxy) is 3. The third-order valence-corrected chi connectivity index (χ3v) is 18.5. The van der Waals surface area contributed by atoms with Gasteiger partial charge in [-0.05, 0) is 186 Å². The lowest BCUT2D eigenvalue weighted by molar-refractivity contribution is 0.0175. The van der Waals surface area contributed by atoms with E-state index in [4.69, 9.17) is 14.2 Å². The molecule has 18 heteroatoms. The maximum atomic E-state index is 13.7. The molecule has 0 aliphatic carbocycles. The van der Waals surface area contributed by atoms with Crippen LogP contribution in [-0.4, -0.2) is 122 Å². The summed E-state index contributed by atoms with van der Waals surface area (Å²) in [5, 5.41) is 6.04. The quantitative estimate of drug-likeness (QED) is 0.0829. The topological polar surface area (TPSA) is 161 Å². The molecule has 14 nitrogen and oxygen atoms in total. The molecule has 0 spiro atoms. The van der Waals surface area contributed by atoms with Crippen molar-refractivity contribution in [3.05, 3.63) is 161 Å². The van der Waals surface area contributed by atoms with E-state index in [0.717, 1.165) is 55.2 Å². The van der Waals surface area contributed by atoms with E-state index in [1.165, 1.54) is 62.1 Å². The number of piperidine rings is 4. The molecule has 6 heterocycles. The zero-order valence-electron chi connectivity index (χ0n) is 52.6. The number of nitrogens with zero attached hydrogens (tertiary/aromatic N) is 5. The Bertz CT molecular complexity index is 3420. The fraction of sp³-hybridized carbons (Fsp3) is 0.471. The number of halogens is 1. The number of thioether (sulfide) groups is 1.